The Hall–Kier alpha value is -2.81. The predicted molar refractivity (Wildman–Crippen MR) is 85.2 cm³/mol. The lowest BCUT2D eigenvalue weighted by atomic mass is 10.2. The maximum atomic E-state index is 5.76. The Bertz CT molecular complexity index is 709. The van der Waals surface area contributed by atoms with Gasteiger partial charge < -0.3 is 10.1 Å². The Labute approximate surface area is 124 Å². The second kappa shape index (κ2) is 6.09. The molecule has 3 aromatic rings. The summed E-state index contributed by atoms with van der Waals surface area (Å²) >= 11 is 0. The highest BCUT2D eigenvalue weighted by Gasteiger charge is 1.99. The third kappa shape index (κ3) is 3.60. The van der Waals surface area contributed by atoms with E-state index in [-0.39, 0.29) is 0 Å². The van der Waals surface area contributed by atoms with E-state index in [9.17, 15) is 0 Å². The first-order valence-electron chi connectivity index (χ1n) is 6.82. The molecule has 3 heteroatoms. The quantitative estimate of drug-likeness (QED) is 0.734. The Kier molecular flexibility index (Phi) is 3.83. The lowest BCUT2D eigenvalue weighted by Crippen LogP contribution is -1.93. The molecule has 0 amide bonds. The Balaban J connectivity index is 1.69. The lowest BCUT2D eigenvalue weighted by molar-refractivity contribution is 0.483. The van der Waals surface area contributed by atoms with E-state index in [0.29, 0.717) is 0 Å². The van der Waals surface area contributed by atoms with Crippen molar-refractivity contribution in [2.45, 2.75) is 6.92 Å². The molecule has 0 spiro atoms. The van der Waals surface area contributed by atoms with Gasteiger partial charge in [-0.05, 0) is 61.0 Å². The highest BCUT2D eigenvalue weighted by Crippen LogP contribution is 2.23. The van der Waals surface area contributed by atoms with Crippen LogP contribution in [-0.2, 0) is 0 Å². The van der Waals surface area contributed by atoms with Gasteiger partial charge in [-0.15, -0.1) is 0 Å². The van der Waals surface area contributed by atoms with E-state index < -0.39 is 0 Å². The molecule has 0 saturated carbocycles. The van der Waals surface area contributed by atoms with Gasteiger partial charge in [-0.1, -0.05) is 18.2 Å². The van der Waals surface area contributed by atoms with E-state index in [0.717, 1.165) is 23.0 Å². The molecule has 0 unspecified atom stereocenters. The number of nitrogens with one attached hydrogen (secondary N) is 1. The second-order valence-corrected chi connectivity index (χ2v) is 4.78. The molecule has 1 heterocycles. The third-order valence-electron chi connectivity index (χ3n) is 3.02. The number of para-hydroxylation sites is 1. The number of pyridine rings is 1. The van der Waals surface area contributed by atoms with Crippen LogP contribution in [0.5, 0.6) is 11.5 Å². The number of ether oxygens (including phenoxy) is 1. The number of nitrogens with zero attached hydrogens (tertiary/aromatic N) is 1. The number of benzene rings is 2. The number of rotatable bonds is 4. The normalized spacial score (nSPS) is 10.1. The molecular weight excluding hydrogens is 260 g/mol. The van der Waals surface area contributed by atoms with Crippen LogP contribution in [0, 0.1) is 6.92 Å². The minimum Gasteiger partial charge on any atom is -0.457 e. The zero-order valence-corrected chi connectivity index (χ0v) is 11.8. The lowest BCUT2D eigenvalue weighted by Gasteiger charge is -2.08. The summed E-state index contributed by atoms with van der Waals surface area (Å²) in [6.45, 7) is 2.05. The molecule has 0 saturated heterocycles. The van der Waals surface area contributed by atoms with Crippen molar-refractivity contribution in [1.29, 1.82) is 0 Å². The zero-order chi connectivity index (χ0) is 14.5. The fourth-order valence-corrected chi connectivity index (χ4v) is 1.98. The maximum absolute atomic E-state index is 5.76. The molecular formula is C18H16N2O. The van der Waals surface area contributed by atoms with Gasteiger partial charge in [0.2, 0.25) is 0 Å². The van der Waals surface area contributed by atoms with Crippen molar-refractivity contribution in [2.75, 3.05) is 5.32 Å². The molecule has 0 aliphatic heterocycles. The van der Waals surface area contributed by atoms with E-state index in [1.165, 1.54) is 5.56 Å². The molecule has 3 rings (SSSR count). The molecule has 0 bridgehead atoms. The number of aryl methyl sites for hydroxylation is 1. The minimum atomic E-state index is 0.809. The van der Waals surface area contributed by atoms with Crippen LogP contribution in [0.4, 0.5) is 11.5 Å². The highest BCUT2D eigenvalue weighted by molar-refractivity contribution is 5.57. The van der Waals surface area contributed by atoms with Gasteiger partial charge in [-0.2, -0.15) is 0 Å². The Morgan fingerprint density at radius 3 is 2.29 bits per heavy atom. The summed E-state index contributed by atoms with van der Waals surface area (Å²) in [5, 5.41) is 3.27. The summed E-state index contributed by atoms with van der Waals surface area (Å²) < 4.78 is 5.76. The first-order valence-corrected chi connectivity index (χ1v) is 6.82. The molecule has 1 N–H and O–H groups in total. The van der Waals surface area contributed by atoms with E-state index in [1.807, 2.05) is 73.7 Å². The number of hydrogen-bond acceptors (Lipinski definition) is 3. The van der Waals surface area contributed by atoms with Crippen molar-refractivity contribution in [3.05, 3.63) is 78.5 Å². The van der Waals surface area contributed by atoms with Crippen molar-refractivity contribution >= 4 is 11.5 Å². The average molecular weight is 276 g/mol. The molecule has 104 valence electrons. The summed E-state index contributed by atoms with van der Waals surface area (Å²) in [7, 11) is 0. The van der Waals surface area contributed by atoms with Gasteiger partial charge in [0.15, 0.2) is 0 Å². The summed E-state index contributed by atoms with van der Waals surface area (Å²) in [4.78, 5) is 4.28. The van der Waals surface area contributed by atoms with Crippen molar-refractivity contribution in [3.8, 4) is 11.5 Å². The van der Waals surface area contributed by atoms with Crippen molar-refractivity contribution in [1.82, 2.24) is 4.98 Å². The van der Waals surface area contributed by atoms with Gasteiger partial charge >= 0.3 is 0 Å². The third-order valence-corrected chi connectivity index (χ3v) is 3.02. The van der Waals surface area contributed by atoms with Gasteiger partial charge in [0.25, 0.3) is 0 Å². The number of aromatic nitrogens is 1. The number of anilines is 2. The smallest absolute Gasteiger partial charge is 0.130 e. The SMILES string of the molecule is Cc1ccnc(Nc2ccc(Oc3ccccc3)cc2)c1. The van der Waals surface area contributed by atoms with Gasteiger partial charge in [-0.25, -0.2) is 4.98 Å². The molecule has 0 aliphatic rings. The van der Waals surface area contributed by atoms with Crippen LogP contribution in [0.1, 0.15) is 5.56 Å². The Morgan fingerprint density at radius 1 is 0.857 bits per heavy atom. The van der Waals surface area contributed by atoms with Crippen LogP contribution >= 0.6 is 0 Å². The van der Waals surface area contributed by atoms with E-state index in [1.54, 1.807) is 6.20 Å². The zero-order valence-electron chi connectivity index (χ0n) is 11.8. The molecule has 3 nitrogen and oxygen atoms in total. The van der Waals surface area contributed by atoms with Crippen LogP contribution in [0.25, 0.3) is 0 Å². The maximum Gasteiger partial charge on any atom is 0.130 e. The van der Waals surface area contributed by atoms with Gasteiger partial charge in [0.1, 0.15) is 17.3 Å². The van der Waals surface area contributed by atoms with Crippen LogP contribution in [0.2, 0.25) is 0 Å². The largest absolute Gasteiger partial charge is 0.457 e. The summed E-state index contributed by atoms with van der Waals surface area (Å²) in [5.41, 5.74) is 2.16. The minimum absolute atomic E-state index is 0.809. The summed E-state index contributed by atoms with van der Waals surface area (Å²) in [5.74, 6) is 2.48. The van der Waals surface area contributed by atoms with E-state index >= 15 is 0 Å². The summed E-state index contributed by atoms with van der Waals surface area (Å²) in [6.07, 6.45) is 1.80. The first-order chi connectivity index (χ1) is 10.3. The van der Waals surface area contributed by atoms with Gasteiger partial charge in [-0.3, -0.25) is 0 Å². The standard InChI is InChI=1S/C18H16N2O/c1-14-11-12-19-18(13-14)20-15-7-9-17(10-8-15)21-16-5-3-2-4-6-16/h2-13H,1H3,(H,19,20). The topological polar surface area (TPSA) is 34.2 Å². The van der Waals surface area contributed by atoms with Gasteiger partial charge in [0, 0.05) is 11.9 Å². The second-order valence-electron chi connectivity index (χ2n) is 4.78. The average Bonchev–Trinajstić information content (AvgIpc) is 2.50. The van der Waals surface area contributed by atoms with E-state index in [4.69, 9.17) is 4.74 Å². The van der Waals surface area contributed by atoms with Gasteiger partial charge in [0.05, 0.1) is 0 Å². The molecule has 0 fully saturated rings. The van der Waals surface area contributed by atoms with Crippen molar-refractivity contribution in [2.24, 2.45) is 0 Å². The molecule has 1 aromatic heterocycles. The molecule has 2 aromatic carbocycles. The van der Waals surface area contributed by atoms with Crippen LogP contribution in [-0.4, -0.2) is 4.98 Å². The molecule has 0 radical (unpaired) electrons. The van der Waals surface area contributed by atoms with Crippen molar-refractivity contribution in [3.63, 3.8) is 0 Å². The Morgan fingerprint density at radius 2 is 1.57 bits per heavy atom. The fraction of sp³-hybridized carbons (Fsp3) is 0.0556. The highest BCUT2D eigenvalue weighted by atomic mass is 16.5. The fourth-order valence-electron chi connectivity index (χ4n) is 1.98. The predicted octanol–water partition coefficient (Wildman–Crippen LogP) is 4.93. The first kappa shape index (κ1) is 13.2. The monoisotopic (exact) mass is 276 g/mol. The number of hydrogen-bond donors (Lipinski definition) is 1. The van der Waals surface area contributed by atoms with E-state index in [2.05, 4.69) is 10.3 Å². The molecule has 0 atom stereocenters. The van der Waals surface area contributed by atoms with Crippen molar-refractivity contribution < 1.29 is 4.74 Å². The van der Waals surface area contributed by atoms with Crippen LogP contribution < -0.4 is 10.1 Å². The van der Waals surface area contributed by atoms with Crippen LogP contribution in [0.3, 0.4) is 0 Å². The van der Waals surface area contributed by atoms with Crippen LogP contribution in [0.15, 0.2) is 72.9 Å². The molecule has 0 aliphatic carbocycles. The summed E-state index contributed by atoms with van der Waals surface area (Å²) in [6, 6.07) is 21.5. The molecule has 21 heavy (non-hydrogen) atoms.